The predicted octanol–water partition coefficient (Wildman–Crippen LogP) is 1.59. The van der Waals surface area contributed by atoms with E-state index in [4.69, 9.17) is 0 Å². The second-order valence-corrected chi connectivity index (χ2v) is 6.23. The van der Waals surface area contributed by atoms with Crippen molar-refractivity contribution in [3.05, 3.63) is 0 Å². The maximum absolute atomic E-state index is 3.73. The summed E-state index contributed by atoms with van der Waals surface area (Å²) in [4.78, 5) is 2.64. The minimum atomic E-state index is 0.355. The molecule has 0 spiro atoms. The summed E-state index contributed by atoms with van der Waals surface area (Å²) in [6, 6.07) is 0.814. The van der Waals surface area contributed by atoms with Gasteiger partial charge in [0.25, 0.3) is 0 Å². The van der Waals surface area contributed by atoms with Gasteiger partial charge in [0.1, 0.15) is 0 Å². The van der Waals surface area contributed by atoms with Gasteiger partial charge in [0.15, 0.2) is 0 Å². The molecule has 1 aliphatic carbocycles. The molecule has 2 aliphatic rings. The van der Waals surface area contributed by atoms with E-state index in [1.807, 2.05) is 0 Å². The first kappa shape index (κ1) is 13.3. The fourth-order valence-corrected chi connectivity index (χ4v) is 3.14. The molecule has 2 N–H and O–H groups in total. The normalized spacial score (nSPS) is 24.4. The average molecular weight is 239 g/mol. The molecule has 3 heteroatoms. The molecule has 1 heterocycles. The Labute approximate surface area is 106 Å². The standard InChI is InChI=1S/C14H29N3/c1-14(2,17-11-9-15-10-12-17)7-8-16-13-5-3-4-6-13/h13,15-16H,3-12H2,1-2H3. The lowest BCUT2D eigenvalue weighted by Gasteiger charge is -2.41. The highest BCUT2D eigenvalue weighted by Gasteiger charge is 2.27. The highest BCUT2D eigenvalue weighted by atomic mass is 15.2. The van der Waals surface area contributed by atoms with Crippen molar-refractivity contribution in [3.63, 3.8) is 0 Å². The summed E-state index contributed by atoms with van der Waals surface area (Å²) in [7, 11) is 0. The number of nitrogens with zero attached hydrogens (tertiary/aromatic N) is 1. The minimum Gasteiger partial charge on any atom is -0.314 e. The van der Waals surface area contributed by atoms with Crippen molar-refractivity contribution < 1.29 is 0 Å². The van der Waals surface area contributed by atoms with E-state index in [1.165, 1.54) is 51.7 Å². The molecule has 2 rings (SSSR count). The predicted molar refractivity (Wildman–Crippen MR) is 73.4 cm³/mol. The third-order valence-corrected chi connectivity index (χ3v) is 4.50. The average Bonchev–Trinajstić information content (AvgIpc) is 2.83. The van der Waals surface area contributed by atoms with Gasteiger partial charge in [-0.3, -0.25) is 4.90 Å². The van der Waals surface area contributed by atoms with Crippen LogP contribution in [0, 0.1) is 0 Å². The quantitative estimate of drug-likeness (QED) is 0.763. The van der Waals surface area contributed by atoms with Crippen molar-refractivity contribution >= 4 is 0 Å². The van der Waals surface area contributed by atoms with E-state index in [-0.39, 0.29) is 0 Å². The molecule has 1 aliphatic heterocycles. The van der Waals surface area contributed by atoms with E-state index < -0.39 is 0 Å². The highest BCUT2D eigenvalue weighted by molar-refractivity contribution is 4.86. The van der Waals surface area contributed by atoms with Gasteiger partial charge >= 0.3 is 0 Å². The lowest BCUT2D eigenvalue weighted by molar-refractivity contribution is 0.0949. The van der Waals surface area contributed by atoms with Gasteiger partial charge in [0.05, 0.1) is 0 Å². The first-order valence-corrected chi connectivity index (χ1v) is 7.38. The van der Waals surface area contributed by atoms with Crippen LogP contribution in [0.25, 0.3) is 0 Å². The van der Waals surface area contributed by atoms with Gasteiger partial charge in [0, 0.05) is 37.8 Å². The molecule has 1 saturated carbocycles. The Hall–Kier alpha value is -0.120. The molecule has 0 aromatic rings. The van der Waals surface area contributed by atoms with Crippen molar-refractivity contribution in [1.82, 2.24) is 15.5 Å². The lowest BCUT2D eigenvalue weighted by atomic mass is 9.97. The Morgan fingerprint density at radius 2 is 1.82 bits per heavy atom. The number of nitrogens with one attached hydrogen (secondary N) is 2. The van der Waals surface area contributed by atoms with E-state index in [1.54, 1.807) is 0 Å². The molecule has 100 valence electrons. The summed E-state index contributed by atoms with van der Waals surface area (Å²) in [5, 5.41) is 7.16. The number of piperazine rings is 1. The summed E-state index contributed by atoms with van der Waals surface area (Å²) in [6.07, 6.45) is 6.92. The van der Waals surface area contributed by atoms with Crippen molar-refractivity contribution in [3.8, 4) is 0 Å². The Morgan fingerprint density at radius 3 is 2.47 bits per heavy atom. The summed E-state index contributed by atoms with van der Waals surface area (Å²) in [5.41, 5.74) is 0.355. The molecular weight excluding hydrogens is 210 g/mol. The zero-order chi connectivity index (χ0) is 12.1. The van der Waals surface area contributed by atoms with Gasteiger partial charge in [0.2, 0.25) is 0 Å². The molecule has 0 aromatic carbocycles. The summed E-state index contributed by atoms with van der Waals surface area (Å²) >= 11 is 0. The van der Waals surface area contributed by atoms with Crippen molar-refractivity contribution in [2.24, 2.45) is 0 Å². The summed E-state index contributed by atoms with van der Waals surface area (Å²) in [5.74, 6) is 0. The molecule has 0 bridgehead atoms. The first-order valence-electron chi connectivity index (χ1n) is 7.38. The molecule has 0 amide bonds. The molecule has 0 radical (unpaired) electrons. The third-order valence-electron chi connectivity index (χ3n) is 4.50. The third kappa shape index (κ3) is 3.94. The topological polar surface area (TPSA) is 27.3 Å². The second kappa shape index (κ2) is 6.17. The van der Waals surface area contributed by atoms with E-state index >= 15 is 0 Å². The zero-order valence-electron chi connectivity index (χ0n) is 11.6. The van der Waals surface area contributed by atoms with Crippen LogP contribution in [-0.2, 0) is 0 Å². The van der Waals surface area contributed by atoms with E-state index in [9.17, 15) is 0 Å². The molecule has 3 nitrogen and oxygen atoms in total. The van der Waals surface area contributed by atoms with Crippen LogP contribution in [-0.4, -0.2) is 49.2 Å². The Balaban J connectivity index is 1.68. The van der Waals surface area contributed by atoms with Gasteiger partial charge < -0.3 is 10.6 Å². The molecule has 2 fully saturated rings. The fraction of sp³-hybridized carbons (Fsp3) is 1.00. The Kier molecular flexibility index (Phi) is 4.83. The van der Waals surface area contributed by atoms with Crippen LogP contribution >= 0.6 is 0 Å². The monoisotopic (exact) mass is 239 g/mol. The van der Waals surface area contributed by atoms with Crippen LogP contribution in [0.5, 0.6) is 0 Å². The first-order chi connectivity index (χ1) is 8.18. The van der Waals surface area contributed by atoms with E-state index in [2.05, 4.69) is 29.4 Å². The molecule has 17 heavy (non-hydrogen) atoms. The summed E-state index contributed by atoms with van der Waals surface area (Å²) in [6.45, 7) is 10.7. The lowest BCUT2D eigenvalue weighted by Crippen LogP contribution is -2.54. The smallest absolute Gasteiger partial charge is 0.0166 e. The molecule has 1 saturated heterocycles. The maximum Gasteiger partial charge on any atom is 0.0166 e. The molecule has 0 aromatic heterocycles. The van der Waals surface area contributed by atoms with Crippen LogP contribution in [0.15, 0.2) is 0 Å². The van der Waals surface area contributed by atoms with Crippen molar-refractivity contribution in [1.29, 1.82) is 0 Å². The number of hydrogen-bond acceptors (Lipinski definition) is 3. The van der Waals surface area contributed by atoms with E-state index in [0.29, 0.717) is 5.54 Å². The van der Waals surface area contributed by atoms with Gasteiger partial charge in [-0.15, -0.1) is 0 Å². The second-order valence-electron chi connectivity index (χ2n) is 6.23. The highest BCUT2D eigenvalue weighted by Crippen LogP contribution is 2.21. The van der Waals surface area contributed by atoms with Crippen molar-refractivity contribution in [2.45, 2.75) is 57.5 Å². The Bertz CT molecular complexity index is 216. The number of rotatable bonds is 5. The van der Waals surface area contributed by atoms with Crippen LogP contribution in [0.3, 0.4) is 0 Å². The van der Waals surface area contributed by atoms with Gasteiger partial charge in [-0.2, -0.15) is 0 Å². The van der Waals surface area contributed by atoms with E-state index in [0.717, 1.165) is 19.1 Å². The van der Waals surface area contributed by atoms with Gasteiger partial charge in [-0.1, -0.05) is 12.8 Å². The largest absolute Gasteiger partial charge is 0.314 e. The Morgan fingerprint density at radius 1 is 1.18 bits per heavy atom. The van der Waals surface area contributed by atoms with Crippen LogP contribution in [0.2, 0.25) is 0 Å². The molecule has 0 atom stereocenters. The van der Waals surface area contributed by atoms with Gasteiger partial charge in [-0.05, 0) is 39.7 Å². The molecule has 0 unspecified atom stereocenters. The minimum absolute atomic E-state index is 0.355. The van der Waals surface area contributed by atoms with Crippen LogP contribution < -0.4 is 10.6 Å². The number of hydrogen-bond donors (Lipinski definition) is 2. The van der Waals surface area contributed by atoms with Crippen molar-refractivity contribution in [2.75, 3.05) is 32.7 Å². The SMILES string of the molecule is CC(C)(CCNC1CCCC1)N1CCNCC1. The zero-order valence-corrected chi connectivity index (χ0v) is 11.6. The maximum atomic E-state index is 3.73. The molecular formula is C14H29N3. The van der Waals surface area contributed by atoms with Crippen LogP contribution in [0.1, 0.15) is 46.0 Å². The fourth-order valence-electron chi connectivity index (χ4n) is 3.14. The summed E-state index contributed by atoms with van der Waals surface area (Å²) < 4.78 is 0. The van der Waals surface area contributed by atoms with Gasteiger partial charge in [-0.25, -0.2) is 0 Å². The van der Waals surface area contributed by atoms with Crippen LogP contribution in [0.4, 0.5) is 0 Å².